The van der Waals surface area contributed by atoms with E-state index in [1.54, 1.807) is 18.2 Å². The minimum atomic E-state index is -0.311. The Morgan fingerprint density at radius 1 is 1.10 bits per heavy atom. The highest BCUT2D eigenvalue weighted by Gasteiger charge is 2.19. The Bertz CT molecular complexity index is 1010. The molecule has 0 saturated carbocycles. The van der Waals surface area contributed by atoms with E-state index in [9.17, 15) is 9.18 Å². The second-order valence-corrected chi connectivity index (χ2v) is 7.64. The molecule has 8 nitrogen and oxygen atoms in total. The maximum Gasteiger partial charge on any atom is 0.224 e. The van der Waals surface area contributed by atoms with E-state index in [0.29, 0.717) is 25.3 Å². The SMILES string of the molecule is O=C(Cc1ccc(F)cc1)NCCc1nnc2n1CCN(Cc1ccc(CO)o1)CC2. The third-order valence-corrected chi connectivity index (χ3v) is 5.40. The molecule has 0 bridgehead atoms. The van der Waals surface area contributed by atoms with Gasteiger partial charge in [0.15, 0.2) is 0 Å². The number of nitrogens with one attached hydrogen (secondary N) is 1. The topological polar surface area (TPSA) is 96.4 Å². The molecule has 2 aromatic heterocycles. The van der Waals surface area contributed by atoms with Crippen LogP contribution in [0.5, 0.6) is 0 Å². The highest BCUT2D eigenvalue weighted by Crippen LogP contribution is 2.15. The van der Waals surface area contributed by atoms with Crippen LogP contribution in [-0.4, -0.2) is 50.3 Å². The van der Waals surface area contributed by atoms with Crippen molar-refractivity contribution in [3.63, 3.8) is 0 Å². The zero-order valence-electron chi connectivity index (χ0n) is 17.3. The number of furan rings is 1. The molecule has 0 aliphatic carbocycles. The van der Waals surface area contributed by atoms with Gasteiger partial charge in [0.25, 0.3) is 0 Å². The molecule has 1 amide bonds. The molecule has 164 valence electrons. The fourth-order valence-electron chi connectivity index (χ4n) is 3.75. The second-order valence-electron chi connectivity index (χ2n) is 7.64. The summed E-state index contributed by atoms with van der Waals surface area (Å²) in [6, 6.07) is 9.64. The number of amides is 1. The molecule has 2 N–H and O–H groups in total. The van der Waals surface area contributed by atoms with Crippen LogP contribution in [0.2, 0.25) is 0 Å². The van der Waals surface area contributed by atoms with Gasteiger partial charge in [0.2, 0.25) is 5.91 Å². The fourth-order valence-corrected chi connectivity index (χ4v) is 3.75. The van der Waals surface area contributed by atoms with Crippen molar-refractivity contribution in [3.05, 3.63) is 70.9 Å². The summed E-state index contributed by atoms with van der Waals surface area (Å²) >= 11 is 0. The van der Waals surface area contributed by atoms with E-state index < -0.39 is 0 Å². The summed E-state index contributed by atoms with van der Waals surface area (Å²) in [5.41, 5.74) is 0.776. The van der Waals surface area contributed by atoms with Crippen molar-refractivity contribution in [1.29, 1.82) is 0 Å². The van der Waals surface area contributed by atoms with Crippen LogP contribution >= 0.6 is 0 Å². The molecule has 0 saturated heterocycles. The number of aliphatic hydroxyl groups excluding tert-OH is 1. The van der Waals surface area contributed by atoms with Crippen molar-refractivity contribution in [1.82, 2.24) is 25.0 Å². The number of carbonyl (C=O) groups is 1. The van der Waals surface area contributed by atoms with Gasteiger partial charge in [-0.25, -0.2) is 4.39 Å². The smallest absolute Gasteiger partial charge is 0.224 e. The molecule has 3 heterocycles. The summed E-state index contributed by atoms with van der Waals surface area (Å²) in [5, 5.41) is 20.7. The van der Waals surface area contributed by atoms with Crippen molar-refractivity contribution in [2.75, 3.05) is 19.6 Å². The Morgan fingerprint density at radius 2 is 1.90 bits per heavy atom. The van der Waals surface area contributed by atoms with Crippen molar-refractivity contribution < 1.29 is 18.7 Å². The molecule has 0 atom stereocenters. The van der Waals surface area contributed by atoms with Gasteiger partial charge in [-0.3, -0.25) is 9.69 Å². The summed E-state index contributed by atoms with van der Waals surface area (Å²) in [6.45, 7) is 3.52. The van der Waals surface area contributed by atoms with Gasteiger partial charge < -0.3 is 19.4 Å². The van der Waals surface area contributed by atoms with Crippen LogP contribution in [0.15, 0.2) is 40.8 Å². The first-order chi connectivity index (χ1) is 15.1. The van der Waals surface area contributed by atoms with Gasteiger partial charge in [0.1, 0.15) is 35.6 Å². The van der Waals surface area contributed by atoms with Crippen LogP contribution in [-0.2, 0) is 43.8 Å². The predicted octanol–water partition coefficient (Wildman–Crippen LogP) is 1.46. The van der Waals surface area contributed by atoms with Gasteiger partial charge in [-0.05, 0) is 29.8 Å². The van der Waals surface area contributed by atoms with E-state index in [0.717, 1.165) is 49.0 Å². The Labute approximate surface area is 179 Å². The Hall–Kier alpha value is -3.04. The van der Waals surface area contributed by atoms with Crippen LogP contribution < -0.4 is 5.32 Å². The van der Waals surface area contributed by atoms with Crippen LogP contribution in [0.4, 0.5) is 4.39 Å². The minimum absolute atomic E-state index is 0.0924. The lowest BCUT2D eigenvalue weighted by molar-refractivity contribution is -0.120. The third-order valence-electron chi connectivity index (χ3n) is 5.40. The van der Waals surface area contributed by atoms with E-state index in [4.69, 9.17) is 9.52 Å². The lowest BCUT2D eigenvalue weighted by Gasteiger charge is -2.18. The molecule has 0 unspecified atom stereocenters. The maximum absolute atomic E-state index is 13.0. The number of nitrogens with zero attached hydrogens (tertiary/aromatic N) is 4. The number of rotatable bonds is 8. The summed E-state index contributed by atoms with van der Waals surface area (Å²) in [7, 11) is 0. The molecular formula is C22H26FN5O3. The molecule has 4 rings (SSSR count). The monoisotopic (exact) mass is 427 g/mol. The second kappa shape index (κ2) is 9.84. The quantitative estimate of drug-likeness (QED) is 0.565. The summed E-state index contributed by atoms with van der Waals surface area (Å²) in [6.07, 6.45) is 1.61. The Balaban J connectivity index is 1.26. The standard InChI is InChI=1S/C22H26FN5O3/c23-17-3-1-16(2-4-17)13-22(30)24-9-7-20-25-26-21-8-10-27(11-12-28(20)21)14-18-5-6-19(15-29)31-18/h1-6,29H,7-15H2,(H,24,30). The van der Waals surface area contributed by atoms with Gasteiger partial charge in [0.05, 0.1) is 13.0 Å². The van der Waals surface area contributed by atoms with E-state index in [1.165, 1.54) is 12.1 Å². The highest BCUT2D eigenvalue weighted by atomic mass is 19.1. The summed E-state index contributed by atoms with van der Waals surface area (Å²) < 4.78 is 20.7. The first-order valence-electron chi connectivity index (χ1n) is 10.4. The van der Waals surface area contributed by atoms with Gasteiger partial charge in [-0.2, -0.15) is 0 Å². The van der Waals surface area contributed by atoms with Crippen molar-refractivity contribution in [2.24, 2.45) is 0 Å². The molecule has 1 aliphatic heterocycles. The maximum atomic E-state index is 13.0. The summed E-state index contributed by atoms with van der Waals surface area (Å²) in [4.78, 5) is 14.4. The predicted molar refractivity (Wildman–Crippen MR) is 110 cm³/mol. The van der Waals surface area contributed by atoms with Crippen LogP contribution in [0.25, 0.3) is 0 Å². The number of aliphatic hydroxyl groups is 1. The average Bonchev–Trinajstić information content (AvgIpc) is 3.33. The van der Waals surface area contributed by atoms with E-state index in [2.05, 4.69) is 25.0 Å². The lowest BCUT2D eigenvalue weighted by atomic mass is 10.1. The van der Waals surface area contributed by atoms with E-state index in [1.807, 2.05) is 6.07 Å². The molecule has 31 heavy (non-hydrogen) atoms. The molecular weight excluding hydrogens is 401 g/mol. The van der Waals surface area contributed by atoms with Crippen molar-refractivity contribution >= 4 is 5.91 Å². The molecule has 0 spiro atoms. The third kappa shape index (κ3) is 5.56. The number of aromatic nitrogens is 3. The van der Waals surface area contributed by atoms with Crippen molar-refractivity contribution in [2.45, 2.75) is 39.0 Å². The van der Waals surface area contributed by atoms with Gasteiger partial charge in [-0.1, -0.05) is 12.1 Å². The Morgan fingerprint density at radius 3 is 2.68 bits per heavy atom. The highest BCUT2D eigenvalue weighted by molar-refractivity contribution is 5.78. The number of benzene rings is 1. The van der Waals surface area contributed by atoms with E-state index in [-0.39, 0.29) is 24.8 Å². The first kappa shape index (κ1) is 21.2. The number of halogens is 1. The van der Waals surface area contributed by atoms with Gasteiger partial charge >= 0.3 is 0 Å². The lowest BCUT2D eigenvalue weighted by Crippen LogP contribution is -2.28. The number of hydrogen-bond donors (Lipinski definition) is 2. The van der Waals surface area contributed by atoms with Crippen molar-refractivity contribution in [3.8, 4) is 0 Å². The molecule has 0 radical (unpaired) electrons. The average molecular weight is 427 g/mol. The number of hydrogen-bond acceptors (Lipinski definition) is 6. The number of carbonyl (C=O) groups excluding carboxylic acids is 1. The largest absolute Gasteiger partial charge is 0.462 e. The van der Waals surface area contributed by atoms with Gasteiger partial charge in [0, 0.05) is 39.0 Å². The fraction of sp³-hybridized carbons (Fsp3) is 0.409. The molecule has 3 aromatic rings. The van der Waals surface area contributed by atoms with Gasteiger partial charge in [-0.15, -0.1) is 10.2 Å². The molecule has 0 fully saturated rings. The Kier molecular flexibility index (Phi) is 6.73. The van der Waals surface area contributed by atoms with Crippen LogP contribution in [0.1, 0.15) is 28.7 Å². The van der Waals surface area contributed by atoms with Crippen LogP contribution in [0.3, 0.4) is 0 Å². The zero-order chi connectivity index (χ0) is 21.6. The zero-order valence-corrected chi connectivity index (χ0v) is 17.3. The normalized spacial score (nSPS) is 14.3. The minimum Gasteiger partial charge on any atom is -0.462 e. The molecule has 9 heteroatoms. The van der Waals surface area contributed by atoms with E-state index >= 15 is 0 Å². The first-order valence-corrected chi connectivity index (χ1v) is 10.4. The van der Waals surface area contributed by atoms with Crippen LogP contribution in [0, 0.1) is 5.82 Å². The molecule has 1 aliphatic rings. The number of fused-ring (bicyclic) bond motifs is 1. The molecule has 1 aromatic carbocycles. The summed E-state index contributed by atoms with van der Waals surface area (Å²) in [5.74, 6) is 2.81.